The first kappa shape index (κ1) is 11.2. The summed E-state index contributed by atoms with van der Waals surface area (Å²) < 4.78 is 1.63. The van der Waals surface area contributed by atoms with Gasteiger partial charge >= 0.3 is 0 Å². The summed E-state index contributed by atoms with van der Waals surface area (Å²) in [7, 11) is 0. The van der Waals surface area contributed by atoms with Gasteiger partial charge in [0.1, 0.15) is 5.82 Å². The molecule has 0 fully saturated rings. The van der Waals surface area contributed by atoms with Crippen LogP contribution in [0, 0.1) is 0 Å². The first-order valence-electron chi connectivity index (χ1n) is 5.69. The average molecular weight is 253 g/mol. The lowest BCUT2D eigenvalue weighted by Gasteiger charge is -2.06. The Labute approximate surface area is 108 Å². The Morgan fingerprint density at radius 3 is 2.89 bits per heavy atom. The summed E-state index contributed by atoms with van der Waals surface area (Å²) in [5.74, 6) is 0.897. The van der Waals surface area contributed by atoms with Crippen LogP contribution in [0.25, 0.3) is 17.2 Å². The van der Waals surface area contributed by atoms with Crippen molar-refractivity contribution in [2.24, 2.45) is 0 Å². The number of rotatable bonds is 2. The molecule has 0 aliphatic carbocycles. The second kappa shape index (κ2) is 4.41. The van der Waals surface area contributed by atoms with E-state index >= 15 is 0 Å². The molecule has 0 aliphatic rings. The maximum Gasteiger partial charge on any atom is 0.291 e. The number of nitrogens with one attached hydrogen (secondary N) is 1. The molecule has 6 nitrogen and oxygen atoms in total. The minimum Gasteiger partial charge on any atom is -0.399 e. The van der Waals surface area contributed by atoms with Gasteiger partial charge in [0.15, 0.2) is 0 Å². The zero-order valence-electron chi connectivity index (χ0n) is 9.95. The van der Waals surface area contributed by atoms with Gasteiger partial charge < -0.3 is 10.7 Å². The predicted octanol–water partition coefficient (Wildman–Crippen LogP) is 1.20. The average Bonchev–Trinajstić information content (AvgIpc) is 2.88. The Morgan fingerprint density at radius 1 is 1.21 bits per heavy atom. The molecule has 3 N–H and O–H groups in total. The maximum atomic E-state index is 11.8. The molecule has 3 rings (SSSR count). The number of nitrogens with zero attached hydrogens (tertiary/aromatic N) is 3. The molecule has 0 atom stereocenters. The van der Waals surface area contributed by atoms with E-state index < -0.39 is 0 Å². The third-order valence-corrected chi connectivity index (χ3v) is 2.70. The number of anilines is 1. The highest BCUT2D eigenvalue weighted by Gasteiger charge is 2.11. The van der Waals surface area contributed by atoms with Crippen molar-refractivity contribution in [2.75, 3.05) is 5.73 Å². The van der Waals surface area contributed by atoms with Crippen molar-refractivity contribution in [3.63, 3.8) is 0 Å². The van der Waals surface area contributed by atoms with Crippen LogP contribution in [0.3, 0.4) is 0 Å². The quantitative estimate of drug-likeness (QED) is 0.671. The number of hydrogen-bond donors (Lipinski definition) is 2. The molecule has 6 heteroatoms. The molecule has 0 amide bonds. The van der Waals surface area contributed by atoms with E-state index in [1.807, 2.05) is 12.1 Å². The fourth-order valence-corrected chi connectivity index (χ4v) is 1.88. The monoisotopic (exact) mass is 253 g/mol. The Bertz CT molecular complexity index is 774. The molecule has 0 saturated carbocycles. The topological polar surface area (TPSA) is 89.6 Å². The molecule has 0 bridgehead atoms. The van der Waals surface area contributed by atoms with Crippen LogP contribution in [0.15, 0.2) is 53.8 Å². The van der Waals surface area contributed by atoms with Crippen LogP contribution in [0.1, 0.15) is 0 Å². The molecular weight excluding hydrogens is 242 g/mol. The highest BCUT2D eigenvalue weighted by Crippen LogP contribution is 2.20. The second-order valence-corrected chi connectivity index (χ2v) is 3.99. The summed E-state index contributed by atoms with van der Waals surface area (Å²) in [5, 5.41) is 0. The van der Waals surface area contributed by atoms with Gasteiger partial charge in [-0.15, -0.1) is 0 Å². The molecule has 0 aliphatic heterocycles. The standard InChI is InChI=1S/C13H11N5O/c14-10-3-1-2-9(8-10)11-16-6-7-18(11)12-13(19)17-5-4-15-12/h1-8H,14H2,(H,17,19). The van der Waals surface area contributed by atoms with Crippen LogP contribution in [-0.4, -0.2) is 19.5 Å². The summed E-state index contributed by atoms with van der Waals surface area (Å²) in [5.41, 5.74) is 6.96. The van der Waals surface area contributed by atoms with E-state index in [2.05, 4.69) is 15.0 Å². The molecule has 0 radical (unpaired) electrons. The Kier molecular flexibility index (Phi) is 2.60. The third-order valence-electron chi connectivity index (χ3n) is 2.70. The predicted molar refractivity (Wildman–Crippen MR) is 71.8 cm³/mol. The third kappa shape index (κ3) is 1.99. The zero-order valence-corrected chi connectivity index (χ0v) is 9.95. The number of aromatic amines is 1. The molecule has 3 aromatic rings. The molecule has 0 spiro atoms. The molecule has 94 valence electrons. The number of imidazole rings is 1. The molecule has 1 aromatic carbocycles. The number of nitrogen functional groups attached to an aromatic ring is 1. The lowest BCUT2D eigenvalue weighted by molar-refractivity contribution is 0.953. The molecule has 2 aromatic heterocycles. The van der Waals surface area contributed by atoms with Crippen molar-refractivity contribution in [1.29, 1.82) is 0 Å². The molecule has 0 unspecified atom stereocenters. The summed E-state index contributed by atoms with van der Waals surface area (Å²) in [6.45, 7) is 0. The van der Waals surface area contributed by atoms with Crippen molar-refractivity contribution < 1.29 is 0 Å². The minimum absolute atomic E-state index is 0.273. The zero-order chi connectivity index (χ0) is 13.2. The van der Waals surface area contributed by atoms with Crippen molar-refractivity contribution in [1.82, 2.24) is 19.5 Å². The highest BCUT2D eigenvalue weighted by molar-refractivity contribution is 5.62. The number of H-pyrrole nitrogens is 1. The fraction of sp³-hybridized carbons (Fsp3) is 0. The van der Waals surface area contributed by atoms with Crippen LogP contribution < -0.4 is 11.3 Å². The summed E-state index contributed by atoms with van der Waals surface area (Å²) in [4.78, 5) is 22.7. The number of benzene rings is 1. The highest BCUT2D eigenvalue weighted by atomic mass is 16.1. The smallest absolute Gasteiger partial charge is 0.291 e. The van der Waals surface area contributed by atoms with Gasteiger partial charge in [-0.2, -0.15) is 0 Å². The molecule has 2 heterocycles. The van der Waals surface area contributed by atoms with E-state index in [0.29, 0.717) is 11.5 Å². The van der Waals surface area contributed by atoms with E-state index in [1.54, 1.807) is 29.1 Å². The van der Waals surface area contributed by atoms with Crippen molar-refractivity contribution in [2.45, 2.75) is 0 Å². The van der Waals surface area contributed by atoms with Gasteiger partial charge in [-0.1, -0.05) is 12.1 Å². The Morgan fingerprint density at radius 2 is 2.11 bits per heavy atom. The van der Waals surface area contributed by atoms with Crippen LogP contribution in [0.4, 0.5) is 5.69 Å². The van der Waals surface area contributed by atoms with Gasteiger partial charge in [-0.05, 0) is 12.1 Å². The first-order chi connectivity index (χ1) is 9.25. The van der Waals surface area contributed by atoms with Crippen molar-refractivity contribution in [3.8, 4) is 17.2 Å². The molecule has 0 saturated heterocycles. The van der Waals surface area contributed by atoms with E-state index in [-0.39, 0.29) is 11.4 Å². The van der Waals surface area contributed by atoms with Gasteiger partial charge in [0.2, 0.25) is 5.82 Å². The Hall–Kier alpha value is -2.89. The lowest BCUT2D eigenvalue weighted by atomic mass is 10.2. The second-order valence-electron chi connectivity index (χ2n) is 3.99. The Balaban J connectivity index is 2.19. The fourth-order valence-electron chi connectivity index (χ4n) is 1.88. The van der Waals surface area contributed by atoms with Gasteiger partial charge in [-0.3, -0.25) is 9.36 Å². The van der Waals surface area contributed by atoms with Crippen LogP contribution in [0.2, 0.25) is 0 Å². The minimum atomic E-state index is -0.273. The SMILES string of the molecule is Nc1cccc(-c2nccn2-c2ncc[nH]c2=O)c1. The van der Waals surface area contributed by atoms with Crippen molar-refractivity contribution in [3.05, 3.63) is 59.4 Å². The largest absolute Gasteiger partial charge is 0.399 e. The number of aromatic nitrogens is 4. The van der Waals surface area contributed by atoms with Gasteiger partial charge in [0.05, 0.1) is 0 Å². The van der Waals surface area contributed by atoms with E-state index in [4.69, 9.17) is 5.73 Å². The van der Waals surface area contributed by atoms with Gasteiger partial charge in [0.25, 0.3) is 5.56 Å². The number of hydrogen-bond acceptors (Lipinski definition) is 4. The van der Waals surface area contributed by atoms with E-state index in [0.717, 1.165) is 5.56 Å². The van der Waals surface area contributed by atoms with Crippen molar-refractivity contribution >= 4 is 5.69 Å². The van der Waals surface area contributed by atoms with E-state index in [1.165, 1.54) is 12.4 Å². The summed E-state index contributed by atoms with van der Waals surface area (Å²) in [6.07, 6.45) is 6.32. The van der Waals surface area contributed by atoms with Crippen LogP contribution in [-0.2, 0) is 0 Å². The molecular formula is C13H11N5O. The summed E-state index contributed by atoms with van der Waals surface area (Å²) >= 11 is 0. The van der Waals surface area contributed by atoms with Crippen LogP contribution >= 0.6 is 0 Å². The van der Waals surface area contributed by atoms with Gasteiger partial charge in [-0.25, -0.2) is 9.97 Å². The van der Waals surface area contributed by atoms with Gasteiger partial charge in [0, 0.05) is 36.0 Å². The van der Waals surface area contributed by atoms with E-state index in [9.17, 15) is 4.79 Å². The first-order valence-corrected chi connectivity index (χ1v) is 5.69. The maximum absolute atomic E-state index is 11.8. The normalized spacial score (nSPS) is 10.5. The van der Waals surface area contributed by atoms with Crippen LogP contribution in [0.5, 0.6) is 0 Å². The lowest BCUT2D eigenvalue weighted by Crippen LogP contribution is -2.16. The summed E-state index contributed by atoms with van der Waals surface area (Å²) in [6, 6.07) is 7.32. The number of nitrogens with two attached hydrogens (primary N) is 1. The molecule has 19 heavy (non-hydrogen) atoms.